The second-order valence-corrected chi connectivity index (χ2v) is 22.8. The normalized spacial score (nSPS) is 12.6. The molecule has 0 bridgehead atoms. The number of amides is 1. The van der Waals surface area contributed by atoms with Crippen molar-refractivity contribution in [3.05, 3.63) is 12.2 Å². The van der Waals surface area contributed by atoms with Crippen LogP contribution in [0.1, 0.15) is 373 Å². The predicted octanol–water partition coefficient (Wildman–Crippen LogP) is 20.8. The first-order valence-electron chi connectivity index (χ1n) is 32.9. The van der Waals surface area contributed by atoms with Gasteiger partial charge in [-0.3, -0.25) is 9.59 Å². The highest BCUT2D eigenvalue weighted by molar-refractivity contribution is 5.76. The highest BCUT2D eigenvalue weighted by atomic mass is 16.5. The van der Waals surface area contributed by atoms with Gasteiger partial charge in [0.1, 0.15) is 0 Å². The molecule has 0 heterocycles. The Kier molecular flexibility index (Phi) is 60.9. The van der Waals surface area contributed by atoms with Crippen LogP contribution in [0.3, 0.4) is 0 Å². The van der Waals surface area contributed by atoms with E-state index in [2.05, 4.69) is 31.3 Å². The number of rotatable bonds is 62. The van der Waals surface area contributed by atoms with Gasteiger partial charge in [0.25, 0.3) is 0 Å². The van der Waals surface area contributed by atoms with Crippen molar-refractivity contribution in [3.63, 3.8) is 0 Å². The van der Waals surface area contributed by atoms with Gasteiger partial charge < -0.3 is 20.3 Å². The third-order valence-corrected chi connectivity index (χ3v) is 15.6. The number of hydrogen-bond donors (Lipinski definition) is 3. The Balaban J connectivity index is 3.30. The lowest BCUT2D eigenvalue weighted by Crippen LogP contribution is -2.45. The molecule has 0 spiro atoms. The number of carbonyl (C=O) groups is 2. The summed E-state index contributed by atoms with van der Waals surface area (Å²) in [5.74, 6) is -0.0180. The molecule has 428 valence electrons. The first kappa shape index (κ1) is 70.6. The third-order valence-electron chi connectivity index (χ3n) is 15.6. The molecule has 0 aromatic carbocycles. The first-order chi connectivity index (χ1) is 35.5. The Morgan fingerprint density at radius 2 is 0.653 bits per heavy atom. The van der Waals surface area contributed by atoms with E-state index in [0.29, 0.717) is 25.9 Å². The third kappa shape index (κ3) is 57.9. The fourth-order valence-corrected chi connectivity index (χ4v) is 10.5. The second kappa shape index (κ2) is 62.1. The number of allylic oxidation sites excluding steroid dienone is 2. The van der Waals surface area contributed by atoms with E-state index in [9.17, 15) is 19.8 Å². The summed E-state index contributed by atoms with van der Waals surface area (Å²) in [5.41, 5.74) is 0. The van der Waals surface area contributed by atoms with Crippen molar-refractivity contribution in [2.24, 2.45) is 0 Å². The molecule has 0 saturated carbocycles. The smallest absolute Gasteiger partial charge is 0.305 e. The maximum absolute atomic E-state index is 12.5. The molecule has 0 rings (SSSR count). The zero-order valence-corrected chi connectivity index (χ0v) is 48.9. The molecule has 6 heteroatoms. The Bertz CT molecular complexity index is 1080. The minimum absolute atomic E-state index is 0.0119. The SMILES string of the molecule is CCCCCC/C=C\CCCCCCCC(=O)OCCCCCCCCCCCCCCCCCCCCCCCCCCCCCCCCCC(=O)NC(CO)C(O)CCCCCCCCCCCCC. The number of nitrogens with one attached hydrogen (secondary N) is 1. The summed E-state index contributed by atoms with van der Waals surface area (Å²) in [5, 5.41) is 23.2. The van der Waals surface area contributed by atoms with Gasteiger partial charge in [-0.1, -0.05) is 321 Å². The average molecular weight is 1020 g/mol. The topological polar surface area (TPSA) is 95.9 Å². The van der Waals surface area contributed by atoms with Crippen LogP contribution >= 0.6 is 0 Å². The first-order valence-corrected chi connectivity index (χ1v) is 32.9. The molecule has 0 aliphatic carbocycles. The van der Waals surface area contributed by atoms with Gasteiger partial charge in [-0.05, 0) is 51.4 Å². The van der Waals surface area contributed by atoms with Gasteiger partial charge in [0, 0.05) is 12.8 Å². The lowest BCUT2D eigenvalue weighted by atomic mass is 10.0. The Morgan fingerprint density at radius 3 is 1.00 bits per heavy atom. The van der Waals surface area contributed by atoms with Crippen LogP contribution in [0.25, 0.3) is 0 Å². The van der Waals surface area contributed by atoms with Crippen LogP contribution in [0.15, 0.2) is 12.2 Å². The Morgan fingerprint density at radius 1 is 0.375 bits per heavy atom. The van der Waals surface area contributed by atoms with E-state index in [1.807, 2.05) is 0 Å². The Labute approximate surface area is 450 Å². The number of unbranched alkanes of at least 4 members (excludes halogenated alkanes) is 49. The zero-order chi connectivity index (χ0) is 52.2. The summed E-state index contributed by atoms with van der Waals surface area (Å²) in [6.45, 7) is 4.95. The lowest BCUT2D eigenvalue weighted by Gasteiger charge is -2.22. The molecular formula is C66H129NO5. The monoisotopic (exact) mass is 1020 g/mol. The van der Waals surface area contributed by atoms with Crippen LogP contribution in [-0.2, 0) is 14.3 Å². The quantitative estimate of drug-likeness (QED) is 0.0320. The predicted molar refractivity (Wildman–Crippen MR) is 315 cm³/mol. The number of esters is 1. The van der Waals surface area contributed by atoms with Crippen molar-refractivity contribution in [3.8, 4) is 0 Å². The van der Waals surface area contributed by atoms with Crippen molar-refractivity contribution in [1.29, 1.82) is 0 Å². The van der Waals surface area contributed by atoms with Gasteiger partial charge in [0.05, 0.1) is 25.4 Å². The number of carbonyl (C=O) groups excluding carboxylic acids is 2. The van der Waals surface area contributed by atoms with Crippen molar-refractivity contribution in [2.45, 2.75) is 386 Å². The standard InChI is InChI=1S/C66H129NO5/c1-3-5-7-9-11-13-15-35-40-44-48-52-56-60-66(71)72-61-57-53-49-45-41-37-34-32-30-28-26-24-22-20-18-16-17-19-21-23-25-27-29-31-33-36-39-43-47-51-55-59-65(70)67-63(62-68)64(69)58-54-50-46-42-38-14-12-10-8-6-4-2/h13,15,63-64,68-69H,3-12,14,16-62H2,1-2H3,(H,67,70)/b15-13-. The summed E-state index contributed by atoms with van der Waals surface area (Å²) in [4.78, 5) is 24.5. The van der Waals surface area contributed by atoms with E-state index >= 15 is 0 Å². The molecule has 0 fully saturated rings. The highest BCUT2D eigenvalue weighted by Crippen LogP contribution is 2.19. The molecule has 0 aromatic heterocycles. The maximum Gasteiger partial charge on any atom is 0.305 e. The van der Waals surface area contributed by atoms with Crippen LogP contribution in [0.4, 0.5) is 0 Å². The number of aliphatic hydroxyl groups excluding tert-OH is 2. The fraction of sp³-hybridized carbons (Fsp3) is 0.939. The number of aliphatic hydroxyl groups is 2. The molecule has 2 atom stereocenters. The number of hydrogen-bond acceptors (Lipinski definition) is 5. The molecule has 0 aromatic rings. The molecule has 0 saturated heterocycles. The summed E-state index contributed by atoms with van der Waals surface area (Å²) in [6.07, 6.45) is 75.4. The molecule has 72 heavy (non-hydrogen) atoms. The van der Waals surface area contributed by atoms with Crippen LogP contribution in [0, 0.1) is 0 Å². The van der Waals surface area contributed by atoms with Gasteiger partial charge in [0.15, 0.2) is 0 Å². The molecule has 3 N–H and O–H groups in total. The summed E-state index contributed by atoms with van der Waals surface area (Å²) in [7, 11) is 0. The molecule has 1 amide bonds. The summed E-state index contributed by atoms with van der Waals surface area (Å²) in [6, 6.07) is -0.536. The molecule has 0 aliphatic heterocycles. The van der Waals surface area contributed by atoms with Crippen molar-refractivity contribution in [2.75, 3.05) is 13.2 Å². The van der Waals surface area contributed by atoms with E-state index < -0.39 is 12.1 Å². The fourth-order valence-electron chi connectivity index (χ4n) is 10.5. The molecular weight excluding hydrogens is 887 g/mol. The van der Waals surface area contributed by atoms with E-state index in [1.54, 1.807) is 0 Å². The van der Waals surface area contributed by atoms with Crippen LogP contribution in [0.2, 0.25) is 0 Å². The van der Waals surface area contributed by atoms with Gasteiger partial charge in [-0.15, -0.1) is 0 Å². The molecule has 0 aliphatic rings. The Hall–Kier alpha value is -1.40. The van der Waals surface area contributed by atoms with Crippen molar-refractivity contribution >= 4 is 11.9 Å². The van der Waals surface area contributed by atoms with Gasteiger partial charge in [-0.25, -0.2) is 0 Å². The lowest BCUT2D eigenvalue weighted by molar-refractivity contribution is -0.143. The van der Waals surface area contributed by atoms with Crippen LogP contribution in [-0.4, -0.2) is 47.4 Å². The average Bonchev–Trinajstić information content (AvgIpc) is 3.38. The van der Waals surface area contributed by atoms with Crippen LogP contribution < -0.4 is 5.32 Å². The molecule has 2 unspecified atom stereocenters. The van der Waals surface area contributed by atoms with Crippen molar-refractivity contribution in [1.82, 2.24) is 5.32 Å². The summed E-state index contributed by atoms with van der Waals surface area (Å²) < 4.78 is 5.48. The van der Waals surface area contributed by atoms with E-state index in [1.165, 1.54) is 295 Å². The van der Waals surface area contributed by atoms with Gasteiger partial charge in [-0.2, -0.15) is 0 Å². The minimum atomic E-state index is -0.659. The van der Waals surface area contributed by atoms with Crippen molar-refractivity contribution < 1.29 is 24.5 Å². The highest BCUT2D eigenvalue weighted by Gasteiger charge is 2.20. The number of ether oxygens (including phenoxy) is 1. The minimum Gasteiger partial charge on any atom is -0.466 e. The van der Waals surface area contributed by atoms with E-state index in [4.69, 9.17) is 4.74 Å². The zero-order valence-electron chi connectivity index (χ0n) is 48.9. The van der Waals surface area contributed by atoms with Gasteiger partial charge >= 0.3 is 5.97 Å². The second-order valence-electron chi connectivity index (χ2n) is 22.8. The summed E-state index contributed by atoms with van der Waals surface area (Å²) >= 11 is 0. The van der Waals surface area contributed by atoms with Crippen LogP contribution in [0.5, 0.6) is 0 Å². The maximum atomic E-state index is 12.5. The largest absolute Gasteiger partial charge is 0.466 e. The molecule has 6 nitrogen and oxygen atoms in total. The van der Waals surface area contributed by atoms with E-state index in [-0.39, 0.29) is 18.5 Å². The molecule has 0 radical (unpaired) electrons. The van der Waals surface area contributed by atoms with E-state index in [0.717, 1.165) is 44.9 Å². The van der Waals surface area contributed by atoms with Gasteiger partial charge in [0.2, 0.25) is 5.91 Å².